The van der Waals surface area contributed by atoms with Crippen LogP contribution in [-0.2, 0) is 4.74 Å². The fourth-order valence-electron chi connectivity index (χ4n) is 2.21. The van der Waals surface area contributed by atoms with Gasteiger partial charge in [-0.3, -0.25) is 0 Å². The van der Waals surface area contributed by atoms with Crippen molar-refractivity contribution < 1.29 is 20.1 Å². The Labute approximate surface area is 99.6 Å². The van der Waals surface area contributed by atoms with E-state index >= 15 is 0 Å². The van der Waals surface area contributed by atoms with Gasteiger partial charge in [-0.15, -0.1) is 6.42 Å². The summed E-state index contributed by atoms with van der Waals surface area (Å²) in [5, 5.41) is 29.7. The number of hydrogen-bond acceptors (Lipinski definition) is 5. The highest BCUT2D eigenvalue weighted by Crippen LogP contribution is 2.39. The van der Waals surface area contributed by atoms with Gasteiger partial charge in [0, 0.05) is 12.7 Å². The predicted molar refractivity (Wildman–Crippen MR) is 60.5 cm³/mol. The van der Waals surface area contributed by atoms with Crippen LogP contribution >= 0.6 is 0 Å². The zero-order valence-corrected chi connectivity index (χ0v) is 9.28. The van der Waals surface area contributed by atoms with Gasteiger partial charge in [-0.05, 0) is 6.08 Å². The number of ether oxygens (including phenoxy) is 1. The summed E-state index contributed by atoms with van der Waals surface area (Å²) in [5.41, 5.74) is -3.43. The summed E-state index contributed by atoms with van der Waals surface area (Å²) >= 11 is 0. The molecule has 2 aliphatic rings. The molecule has 17 heavy (non-hydrogen) atoms. The topological polar surface area (TPSA) is 73.2 Å². The quantitative estimate of drug-likeness (QED) is 0.527. The molecule has 1 fully saturated rings. The van der Waals surface area contributed by atoms with Crippen molar-refractivity contribution in [3.63, 3.8) is 0 Å². The van der Waals surface area contributed by atoms with Crippen molar-refractivity contribution in [3.05, 3.63) is 24.4 Å². The third kappa shape index (κ3) is 1.50. The first-order chi connectivity index (χ1) is 8.10. The molecular formula is C12H15NO4. The molecule has 5 heteroatoms. The Morgan fingerprint density at radius 3 is 2.82 bits per heavy atom. The van der Waals surface area contributed by atoms with Crippen molar-refractivity contribution in [3.8, 4) is 12.3 Å². The van der Waals surface area contributed by atoms with E-state index in [9.17, 15) is 15.3 Å². The predicted octanol–water partition coefficient (Wildman–Crippen LogP) is -1.18. The molecule has 2 heterocycles. The fraction of sp³-hybridized carbons (Fsp3) is 0.500. The molecule has 0 amide bonds. The van der Waals surface area contributed by atoms with Crippen LogP contribution in [0.3, 0.4) is 0 Å². The van der Waals surface area contributed by atoms with Gasteiger partial charge < -0.3 is 25.0 Å². The van der Waals surface area contributed by atoms with Crippen molar-refractivity contribution in [2.45, 2.75) is 17.4 Å². The third-order valence-corrected chi connectivity index (χ3v) is 3.27. The molecule has 0 aromatic carbocycles. The molecule has 0 radical (unpaired) electrons. The van der Waals surface area contributed by atoms with Crippen molar-refractivity contribution in [1.29, 1.82) is 0 Å². The summed E-state index contributed by atoms with van der Waals surface area (Å²) in [6, 6.07) is 0. The standard InChI is InChI=1S/C12H15NO4/c1-2-11(16)10(15)8-17-12(11,9-14)13-6-4-3-5-7-13/h1,3-6,10,14-16H,7-9H2. The molecule has 5 nitrogen and oxygen atoms in total. The van der Waals surface area contributed by atoms with Gasteiger partial charge in [-0.25, -0.2) is 0 Å². The van der Waals surface area contributed by atoms with E-state index in [4.69, 9.17) is 11.2 Å². The Kier molecular flexibility index (Phi) is 2.98. The van der Waals surface area contributed by atoms with Crippen LogP contribution in [0, 0.1) is 12.3 Å². The van der Waals surface area contributed by atoms with Crippen LogP contribution in [0.5, 0.6) is 0 Å². The highest BCUT2D eigenvalue weighted by Gasteiger charge is 2.63. The minimum absolute atomic E-state index is 0.116. The van der Waals surface area contributed by atoms with E-state index in [0.29, 0.717) is 6.54 Å². The van der Waals surface area contributed by atoms with Crippen LogP contribution in [-0.4, -0.2) is 57.4 Å². The lowest BCUT2D eigenvalue weighted by Gasteiger charge is -2.45. The Bertz CT molecular complexity index is 400. The van der Waals surface area contributed by atoms with Gasteiger partial charge in [-0.1, -0.05) is 18.1 Å². The molecule has 3 atom stereocenters. The van der Waals surface area contributed by atoms with E-state index in [-0.39, 0.29) is 6.61 Å². The van der Waals surface area contributed by atoms with Crippen LogP contribution in [0.15, 0.2) is 24.4 Å². The Morgan fingerprint density at radius 1 is 1.53 bits per heavy atom. The molecule has 92 valence electrons. The van der Waals surface area contributed by atoms with E-state index in [2.05, 4.69) is 5.92 Å². The Hall–Kier alpha value is -1.32. The second kappa shape index (κ2) is 4.17. The maximum atomic E-state index is 10.4. The highest BCUT2D eigenvalue weighted by molar-refractivity contribution is 5.27. The second-order valence-electron chi connectivity index (χ2n) is 4.10. The maximum Gasteiger partial charge on any atom is 0.207 e. The number of allylic oxidation sites excluding steroid dienone is 2. The lowest BCUT2D eigenvalue weighted by Crippen LogP contribution is -2.65. The number of aliphatic hydroxyl groups excluding tert-OH is 2. The zero-order chi connectivity index (χ0) is 12.5. The average molecular weight is 237 g/mol. The van der Waals surface area contributed by atoms with Crippen LogP contribution in [0.2, 0.25) is 0 Å². The van der Waals surface area contributed by atoms with Crippen LogP contribution in [0.4, 0.5) is 0 Å². The Balaban J connectivity index is 2.41. The number of terminal acetylenes is 1. The van der Waals surface area contributed by atoms with Gasteiger partial charge in [0.1, 0.15) is 6.10 Å². The lowest BCUT2D eigenvalue weighted by atomic mass is 9.87. The number of aliphatic hydroxyl groups is 3. The number of rotatable bonds is 2. The van der Waals surface area contributed by atoms with E-state index in [1.54, 1.807) is 17.2 Å². The molecule has 1 saturated heterocycles. The van der Waals surface area contributed by atoms with Crippen molar-refractivity contribution in [2.75, 3.05) is 19.8 Å². The first kappa shape index (κ1) is 12.1. The first-order valence-electron chi connectivity index (χ1n) is 5.34. The van der Waals surface area contributed by atoms with E-state index < -0.39 is 24.0 Å². The molecule has 3 N–H and O–H groups in total. The van der Waals surface area contributed by atoms with E-state index in [0.717, 1.165) is 0 Å². The Morgan fingerprint density at radius 2 is 2.29 bits per heavy atom. The highest BCUT2D eigenvalue weighted by atomic mass is 16.6. The van der Waals surface area contributed by atoms with Gasteiger partial charge in [0.15, 0.2) is 0 Å². The van der Waals surface area contributed by atoms with Crippen molar-refractivity contribution in [1.82, 2.24) is 4.90 Å². The maximum absolute atomic E-state index is 10.4. The van der Waals surface area contributed by atoms with Gasteiger partial charge >= 0.3 is 0 Å². The molecule has 0 aromatic heterocycles. The van der Waals surface area contributed by atoms with Gasteiger partial charge in [0.05, 0.1) is 13.2 Å². The van der Waals surface area contributed by atoms with Crippen LogP contribution < -0.4 is 0 Å². The summed E-state index contributed by atoms with van der Waals surface area (Å²) in [4.78, 5) is 1.59. The first-order valence-corrected chi connectivity index (χ1v) is 5.34. The summed E-state index contributed by atoms with van der Waals surface area (Å²) in [6.45, 7) is -0.188. The van der Waals surface area contributed by atoms with E-state index in [1.165, 1.54) is 0 Å². The molecule has 0 bridgehead atoms. The molecule has 0 saturated carbocycles. The average Bonchev–Trinajstić information content (AvgIpc) is 2.65. The second-order valence-corrected chi connectivity index (χ2v) is 4.10. The van der Waals surface area contributed by atoms with E-state index in [1.807, 2.05) is 12.2 Å². The van der Waals surface area contributed by atoms with Gasteiger partial charge in [-0.2, -0.15) is 0 Å². The van der Waals surface area contributed by atoms with Gasteiger partial charge in [0.25, 0.3) is 0 Å². The molecule has 2 aliphatic heterocycles. The molecule has 2 rings (SSSR count). The monoisotopic (exact) mass is 237 g/mol. The summed E-state index contributed by atoms with van der Waals surface area (Å²) in [6.07, 6.45) is 11.1. The summed E-state index contributed by atoms with van der Waals surface area (Å²) < 4.78 is 5.40. The largest absolute Gasteiger partial charge is 0.391 e. The molecule has 0 aromatic rings. The fourth-order valence-corrected chi connectivity index (χ4v) is 2.21. The molecular weight excluding hydrogens is 222 g/mol. The van der Waals surface area contributed by atoms with Crippen molar-refractivity contribution in [2.24, 2.45) is 0 Å². The lowest BCUT2D eigenvalue weighted by molar-refractivity contribution is -0.199. The number of hydrogen-bond donors (Lipinski definition) is 3. The van der Waals surface area contributed by atoms with Gasteiger partial charge in [0.2, 0.25) is 11.3 Å². The molecule has 0 aliphatic carbocycles. The smallest absolute Gasteiger partial charge is 0.207 e. The van der Waals surface area contributed by atoms with Crippen LogP contribution in [0.25, 0.3) is 0 Å². The third-order valence-electron chi connectivity index (χ3n) is 3.27. The zero-order valence-electron chi connectivity index (χ0n) is 9.28. The molecule has 0 spiro atoms. The molecule has 3 unspecified atom stereocenters. The SMILES string of the molecule is C#CC1(O)C(O)COC1(CO)N1C=CC=CC1. The summed E-state index contributed by atoms with van der Waals surface area (Å²) in [7, 11) is 0. The minimum atomic E-state index is -1.93. The minimum Gasteiger partial charge on any atom is -0.391 e. The number of nitrogens with zero attached hydrogens (tertiary/aromatic N) is 1. The summed E-state index contributed by atoms with van der Waals surface area (Å²) in [5.74, 6) is 2.15. The normalized spacial score (nSPS) is 40.6. The van der Waals surface area contributed by atoms with Crippen molar-refractivity contribution >= 4 is 0 Å². The van der Waals surface area contributed by atoms with Crippen LogP contribution in [0.1, 0.15) is 0 Å².